The molecule has 36 heavy (non-hydrogen) atoms. The monoisotopic (exact) mass is 517 g/mol. The SMILES string of the molecule is C=C(OCC)C1=C(C)N(c2cccc(C(F)(F)F)c2)C(SCCCO)=NC1c1ccc([C@H]2CN2)cc1. The van der Waals surface area contributed by atoms with E-state index in [2.05, 4.69) is 24.0 Å². The van der Waals surface area contributed by atoms with E-state index in [-0.39, 0.29) is 6.61 Å². The summed E-state index contributed by atoms with van der Waals surface area (Å²) < 4.78 is 46.4. The molecule has 0 spiro atoms. The normalized spacial score (nSPS) is 19.8. The van der Waals surface area contributed by atoms with Crippen LogP contribution in [0.15, 0.2) is 77.1 Å². The molecule has 0 bridgehead atoms. The number of rotatable bonds is 9. The van der Waals surface area contributed by atoms with E-state index in [0.29, 0.717) is 47.1 Å². The number of anilines is 1. The number of hydrogen-bond donors (Lipinski definition) is 2. The van der Waals surface area contributed by atoms with Crippen molar-refractivity contribution >= 4 is 22.6 Å². The average Bonchev–Trinajstić information content (AvgIpc) is 3.69. The summed E-state index contributed by atoms with van der Waals surface area (Å²) in [6.07, 6.45) is -3.93. The van der Waals surface area contributed by atoms with Crippen molar-refractivity contribution in [2.75, 3.05) is 30.4 Å². The molecule has 2 aromatic rings. The molecule has 2 heterocycles. The zero-order valence-electron chi connectivity index (χ0n) is 20.3. The molecule has 0 amide bonds. The number of aliphatic imine (C=N–C) groups is 1. The molecule has 1 saturated heterocycles. The van der Waals surface area contributed by atoms with Crippen LogP contribution < -0.4 is 10.2 Å². The van der Waals surface area contributed by atoms with Crippen molar-refractivity contribution in [2.45, 2.75) is 38.5 Å². The van der Waals surface area contributed by atoms with E-state index in [1.54, 1.807) is 11.0 Å². The molecule has 0 saturated carbocycles. The molecule has 9 heteroatoms. The molecular weight excluding hydrogens is 487 g/mol. The Balaban J connectivity index is 1.82. The van der Waals surface area contributed by atoms with Gasteiger partial charge in [0.2, 0.25) is 0 Å². The number of allylic oxidation sites excluding steroid dienone is 1. The summed E-state index contributed by atoms with van der Waals surface area (Å²) in [5.41, 5.74) is 3.19. The summed E-state index contributed by atoms with van der Waals surface area (Å²) in [6.45, 7) is 9.23. The van der Waals surface area contributed by atoms with Crippen LogP contribution in [-0.4, -0.2) is 35.8 Å². The van der Waals surface area contributed by atoms with E-state index in [1.807, 2.05) is 26.0 Å². The van der Waals surface area contributed by atoms with Gasteiger partial charge in [-0.05, 0) is 49.6 Å². The Morgan fingerprint density at radius 1 is 1.22 bits per heavy atom. The molecule has 2 aliphatic rings. The fraction of sp³-hybridized carbons (Fsp3) is 0.370. The first kappa shape index (κ1) is 26.3. The van der Waals surface area contributed by atoms with Crippen molar-refractivity contribution in [3.05, 3.63) is 88.8 Å². The summed E-state index contributed by atoms with van der Waals surface area (Å²) in [6, 6.07) is 13.4. The highest BCUT2D eigenvalue weighted by atomic mass is 32.2. The Morgan fingerprint density at radius 3 is 2.53 bits per heavy atom. The van der Waals surface area contributed by atoms with Gasteiger partial charge in [-0.15, -0.1) is 0 Å². The van der Waals surface area contributed by atoms with Crippen molar-refractivity contribution in [2.24, 2.45) is 4.99 Å². The van der Waals surface area contributed by atoms with E-state index in [9.17, 15) is 18.3 Å². The lowest BCUT2D eigenvalue weighted by atomic mass is 9.93. The average molecular weight is 518 g/mol. The summed E-state index contributed by atoms with van der Waals surface area (Å²) in [5, 5.41) is 13.2. The number of ether oxygens (including phenoxy) is 1. The summed E-state index contributed by atoms with van der Waals surface area (Å²) in [7, 11) is 0. The van der Waals surface area contributed by atoms with Gasteiger partial charge in [0.05, 0.1) is 12.2 Å². The predicted molar refractivity (Wildman–Crippen MR) is 139 cm³/mol. The number of thioether (sulfide) groups is 1. The van der Waals surface area contributed by atoms with Gasteiger partial charge in [0.25, 0.3) is 0 Å². The number of nitrogens with zero attached hydrogens (tertiary/aromatic N) is 2. The van der Waals surface area contributed by atoms with Crippen LogP contribution in [0.1, 0.15) is 49.0 Å². The second kappa shape index (κ2) is 11.1. The molecule has 2 aliphatic heterocycles. The molecule has 0 radical (unpaired) electrons. The van der Waals surface area contributed by atoms with Gasteiger partial charge < -0.3 is 15.2 Å². The number of aliphatic hydroxyl groups excluding tert-OH is 1. The van der Waals surface area contributed by atoms with Gasteiger partial charge in [0.15, 0.2) is 5.17 Å². The van der Waals surface area contributed by atoms with Gasteiger partial charge in [0.1, 0.15) is 11.8 Å². The van der Waals surface area contributed by atoms with Gasteiger partial charge >= 0.3 is 6.18 Å². The van der Waals surface area contributed by atoms with E-state index in [0.717, 1.165) is 29.8 Å². The summed E-state index contributed by atoms with van der Waals surface area (Å²) in [5.74, 6) is 1.01. The number of amidine groups is 1. The third-order valence-electron chi connectivity index (χ3n) is 6.08. The molecule has 2 N–H and O–H groups in total. The minimum atomic E-state index is -4.47. The van der Waals surface area contributed by atoms with Crippen molar-refractivity contribution in [1.29, 1.82) is 0 Å². The van der Waals surface area contributed by atoms with Crippen LogP contribution in [0.2, 0.25) is 0 Å². The third-order valence-corrected chi connectivity index (χ3v) is 7.12. The van der Waals surface area contributed by atoms with Crippen LogP contribution in [0.25, 0.3) is 0 Å². The van der Waals surface area contributed by atoms with Gasteiger partial charge in [-0.2, -0.15) is 13.2 Å². The van der Waals surface area contributed by atoms with Gasteiger partial charge in [0, 0.05) is 41.9 Å². The first-order valence-corrected chi connectivity index (χ1v) is 12.9. The summed E-state index contributed by atoms with van der Waals surface area (Å²) in [4.78, 5) is 6.76. The zero-order valence-corrected chi connectivity index (χ0v) is 21.1. The van der Waals surface area contributed by atoms with E-state index < -0.39 is 17.8 Å². The highest BCUT2D eigenvalue weighted by Gasteiger charge is 2.35. The number of hydrogen-bond acceptors (Lipinski definition) is 6. The van der Waals surface area contributed by atoms with Crippen LogP contribution >= 0.6 is 11.8 Å². The lowest BCUT2D eigenvalue weighted by molar-refractivity contribution is -0.137. The van der Waals surface area contributed by atoms with Gasteiger partial charge in [-0.25, -0.2) is 4.99 Å². The van der Waals surface area contributed by atoms with Crippen LogP contribution in [0.5, 0.6) is 0 Å². The van der Waals surface area contributed by atoms with Crippen LogP contribution in [0.3, 0.4) is 0 Å². The van der Waals surface area contributed by atoms with Crippen molar-refractivity contribution in [3.8, 4) is 0 Å². The predicted octanol–water partition coefficient (Wildman–Crippen LogP) is 6.21. The molecule has 1 fully saturated rings. The molecule has 192 valence electrons. The first-order valence-electron chi connectivity index (χ1n) is 11.9. The Kier molecular flexibility index (Phi) is 8.12. The van der Waals surface area contributed by atoms with E-state index in [1.165, 1.54) is 23.4 Å². The van der Waals surface area contributed by atoms with Gasteiger partial charge in [-0.3, -0.25) is 4.90 Å². The fourth-order valence-corrected chi connectivity index (χ4v) is 5.21. The van der Waals surface area contributed by atoms with E-state index >= 15 is 0 Å². The molecule has 1 unspecified atom stereocenters. The molecule has 2 atom stereocenters. The van der Waals surface area contributed by atoms with Crippen molar-refractivity contribution in [3.63, 3.8) is 0 Å². The Hall–Kier alpha value is -2.75. The standard InChI is InChI=1S/C27H30F3N3O2S/c1-4-35-18(3)24-17(2)33(22-8-5-7-21(15-22)27(28,29)30)26(36-14-6-13-34)32-25(24)20-11-9-19(10-12-20)23-16-31-23/h5,7-12,15,23,25,31,34H,3-4,6,13-14,16H2,1-2H3/t23-,25?/m1/s1. The maximum Gasteiger partial charge on any atom is 0.416 e. The van der Waals surface area contributed by atoms with Gasteiger partial charge in [-0.1, -0.05) is 48.7 Å². The molecular formula is C27H30F3N3O2S. The maximum atomic E-state index is 13.5. The molecule has 2 aromatic carbocycles. The fourth-order valence-electron chi connectivity index (χ4n) is 4.20. The van der Waals surface area contributed by atoms with Crippen LogP contribution in [0, 0.1) is 0 Å². The molecule has 0 aromatic heterocycles. The van der Waals surface area contributed by atoms with Crippen molar-refractivity contribution < 1.29 is 23.0 Å². The Bertz CT molecular complexity index is 1160. The topological polar surface area (TPSA) is 67.0 Å². The lowest BCUT2D eigenvalue weighted by Gasteiger charge is -2.36. The maximum absolute atomic E-state index is 13.5. The molecule has 5 nitrogen and oxygen atoms in total. The number of aliphatic hydroxyl groups is 1. The van der Waals surface area contributed by atoms with E-state index in [4.69, 9.17) is 9.73 Å². The molecule has 0 aliphatic carbocycles. The second-order valence-corrected chi connectivity index (χ2v) is 9.67. The second-order valence-electron chi connectivity index (χ2n) is 8.61. The highest BCUT2D eigenvalue weighted by molar-refractivity contribution is 8.14. The highest BCUT2D eigenvalue weighted by Crippen LogP contribution is 2.43. The third kappa shape index (κ3) is 5.79. The largest absolute Gasteiger partial charge is 0.494 e. The number of benzene rings is 2. The zero-order chi connectivity index (χ0) is 25.9. The smallest absolute Gasteiger partial charge is 0.416 e. The first-order chi connectivity index (χ1) is 17.2. The lowest BCUT2D eigenvalue weighted by Crippen LogP contribution is -2.34. The number of nitrogens with one attached hydrogen (secondary N) is 1. The number of halogens is 3. The number of alkyl halides is 3. The Labute approximate surface area is 213 Å². The van der Waals surface area contributed by atoms with Crippen LogP contribution in [0.4, 0.5) is 18.9 Å². The van der Waals surface area contributed by atoms with Crippen molar-refractivity contribution in [1.82, 2.24) is 5.32 Å². The minimum absolute atomic E-state index is 0.0190. The summed E-state index contributed by atoms with van der Waals surface area (Å²) >= 11 is 1.41. The minimum Gasteiger partial charge on any atom is -0.494 e. The Morgan fingerprint density at radius 2 is 1.92 bits per heavy atom. The molecule has 4 rings (SSSR count). The quantitative estimate of drug-likeness (QED) is 0.235. The van der Waals surface area contributed by atoms with Crippen LogP contribution in [-0.2, 0) is 10.9 Å².